The Kier molecular flexibility index (Phi) is 59.8. The van der Waals surface area contributed by atoms with E-state index in [4.69, 9.17) is 30.6 Å². The highest BCUT2D eigenvalue weighted by atomic mass is 33.1. The maximum Gasteiger partial charge on any atom is 0.330 e. The Morgan fingerprint density at radius 3 is 1.58 bits per heavy atom. The Morgan fingerprint density at radius 2 is 1.13 bits per heavy atom. The lowest BCUT2D eigenvalue weighted by atomic mass is 10.1. The van der Waals surface area contributed by atoms with E-state index in [0.29, 0.717) is 76.8 Å². The molecule has 0 unspecified atom stereocenters. The molecule has 21 heteroatoms. The van der Waals surface area contributed by atoms with Gasteiger partial charge in [0.25, 0.3) is 11.8 Å². The number of esters is 1. The van der Waals surface area contributed by atoms with Crippen molar-refractivity contribution >= 4 is 79.2 Å². The number of allylic oxidation sites excluding steroid dienone is 1. The Morgan fingerprint density at radius 1 is 0.634 bits per heavy atom. The van der Waals surface area contributed by atoms with Crippen LogP contribution >= 0.6 is 34.2 Å². The van der Waals surface area contributed by atoms with Crippen LogP contribution in [-0.4, -0.2) is 154 Å². The van der Waals surface area contributed by atoms with Crippen molar-refractivity contribution in [1.82, 2.24) is 9.88 Å². The minimum absolute atomic E-state index is 0.0483. The van der Waals surface area contributed by atoms with Crippen LogP contribution in [0.2, 0.25) is 0 Å². The molecule has 0 bridgehead atoms. The molecule has 0 radical (unpaired) electrons. The first-order chi connectivity index (χ1) is 34.1. The number of unbranched alkanes of at least 4 members (excludes halogenated alkanes) is 9. The number of hydrogen-bond donors (Lipinski definition) is 7. The van der Waals surface area contributed by atoms with Gasteiger partial charge >= 0.3 is 5.97 Å². The predicted molar refractivity (Wildman–Crippen MR) is 287 cm³/mol. The van der Waals surface area contributed by atoms with Gasteiger partial charge in [-0.05, 0) is 112 Å². The molecule has 2 heterocycles. The second kappa shape index (κ2) is 57.4. The van der Waals surface area contributed by atoms with Gasteiger partial charge in [-0.3, -0.25) is 28.9 Å². The lowest BCUT2D eigenvalue weighted by molar-refractivity contribution is -0.138. The van der Waals surface area contributed by atoms with Crippen LogP contribution in [0.3, 0.4) is 0 Å². The third-order valence-corrected chi connectivity index (χ3v) is 12.9. The number of nitrogens with zero attached hydrogens (tertiary/aromatic N) is 2. The normalized spacial score (nSPS) is 11.1. The van der Waals surface area contributed by atoms with Crippen molar-refractivity contribution in [3.63, 3.8) is 0 Å². The van der Waals surface area contributed by atoms with E-state index in [1.165, 1.54) is 18.2 Å². The van der Waals surface area contributed by atoms with Crippen LogP contribution in [0.1, 0.15) is 128 Å². The van der Waals surface area contributed by atoms with Crippen molar-refractivity contribution in [3.8, 4) is 0 Å². The molecule has 71 heavy (non-hydrogen) atoms. The summed E-state index contributed by atoms with van der Waals surface area (Å²) in [7, 11) is 0.247. The predicted octanol–water partition coefficient (Wildman–Crippen LogP) is 6.55. The highest BCUT2D eigenvalue weighted by molar-refractivity contribution is 8.76. The van der Waals surface area contributed by atoms with Crippen LogP contribution < -0.4 is 0 Å². The summed E-state index contributed by atoms with van der Waals surface area (Å²) in [5.41, 5.74) is 0. The van der Waals surface area contributed by atoms with Crippen LogP contribution in [-0.2, 0) is 43.3 Å². The lowest BCUT2D eigenvalue weighted by Crippen LogP contribution is -2.32. The van der Waals surface area contributed by atoms with E-state index in [0.717, 1.165) is 97.1 Å². The number of Topliss-reactive ketones (excluding diaryl/α,β-unsaturated/α-hetero) is 2. The van der Waals surface area contributed by atoms with Crippen LogP contribution in [0.25, 0.3) is 0 Å². The van der Waals surface area contributed by atoms with Crippen LogP contribution in [0, 0.1) is 0 Å². The van der Waals surface area contributed by atoms with Gasteiger partial charge in [0.05, 0.1) is 12.4 Å². The fourth-order valence-electron chi connectivity index (χ4n) is 4.87. The summed E-state index contributed by atoms with van der Waals surface area (Å²) in [6.45, 7) is 11.4. The van der Waals surface area contributed by atoms with Gasteiger partial charge in [-0.15, -0.1) is 0 Å². The first-order valence-corrected chi connectivity index (χ1v) is 28.6. The van der Waals surface area contributed by atoms with Crippen molar-refractivity contribution in [1.29, 1.82) is 0 Å². The summed E-state index contributed by atoms with van der Waals surface area (Å²) in [5, 5.41) is 52.3. The van der Waals surface area contributed by atoms with E-state index in [1.807, 2.05) is 18.2 Å². The number of imide groups is 1. The molecule has 0 atom stereocenters. The summed E-state index contributed by atoms with van der Waals surface area (Å²) in [6.07, 6.45) is 21.0. The van der Waals surface area contributed by atoms with Crippen molar-refractivity contribution in [2.75, 3.05) is 70.1 Å². The zero-order chi connectivity index (χ0) is 54.2. The van der Waals surface area contributed by atoms with Crippen molar-refractivity contribution < 1.29 is 72.6 Å². The largest absolute Gasteiger partial charge is 0.463 e. The molecule has 0 saturated carbocycles. The van der Waals surface area contributed by atoms with Gasteiger partial charge < -0.3 is 35.4 Å². The molecule has 6 N–H and O–H groups in total. The SMILES string of the molecule is C=CC(=O)CCCCCO.C=CC(=O)OCCCCO.C=CS(=O)(=O)CCCCO.O=C(CCCCCO)CCN1C(=O)C=CC1=O.O=C(CCCCCO)CCSSc1ccccn1.OCCCCS. The third-order valence-electron chi connectivity index (χ3n) is 8.92. The van der Waals surface area contributed by atoms with Crippen LogP contribution in [0.15, 0.2) is 78.9 Å². The number of rotatable bonds is 37. The molecule has 2 rings (SSSR count). The molecule has 17 nitrogen and oxygen atoms in total. The molecule has 1 aliphatic rings. The molecular weight excluding hydrogens is 997 g/mol. The summed E-state index contributed by atoms with van der Waals surface area (Å²) < 4.78 is 26.0. The molecule has 2 amide bonds. The maximum atomic E-state index is 11.5. The monoisotopic (exact) mass is 1080 g/mol. The van der Waals surface area contributed by atoms with Crippen molar-refractivity contribution in [2.45, 2.75) is 133 Å². The van der Waals surface area contributed by atoms with E-state index in [-0.39, 0.29) is 75.1 Å². The van der Waals surface area contributed by atoms with E-state index in [2.05, 4.69) is 42.1 Å². The van der Waals surface area contributed by atoms with Gasteiger partial charge in [0, 0.05) is 114 Å². The number of ketones is 3. The third kappa shape index (κ3) is 57.3. The Labute approximate surface area is 436 Å². The maximum absolute atomic E-state index is 11.5. The Hall–Kier alpha value is -3.51. The second-order valence-corrected chi connectivity index (χ2v) is 20.0. The molecule has 1 aliphatic heterocycles. The number of aromatic nitrogens is 1. The van der Waals surface area contributed by atoms with Gasteiger partial charge in [0.2, 0.25) is 0 Å². The number of thiol groups is 1. The topological polar surface area (TPSA) is 283 Å². The quantitative estimate of drug-likeness (QED) is 0.00929. The Bertz CT molecular complexity index is 1620. The molecule has 1 aromatic rings. The number of ether oxygens (including phenoxy) is 1. The van der Waals surface area contributed by atoms with Crippen LogP contribution in [0.5, 0.6) is 0 Å². The van der Waals surface area contributed by atoms with Crippen molar-refractivity contribution in [2.24, 2.45) is 0 Å². The fraction of sp³-hybridized carbons (Fsp3) is 0.620. The van der Waals surface area contributed by atoms with Gasteiger partial charge in [0.15, 0.2) is 15.6 Å². The smallest absolute Gasteiger partial charge is 0.330 e. The highest BCUT2D eigenvalue weighted by Crippen LogP contribution is 2.29. The number of sulfone groups is 1. The number of carbonyl (C=O) groups is 6. The molecule has 1 aromatic heterocycles. The zero-order valence-corrected chi connectivity index (χ0v) is 45.0. The number of carbonyl (C=O) groups excluding carboxylic acids is 6. The second-order valence-electron chi connectivity index (χ2n) is 15.0. The summed E-state index contributed by atoms with van der Waals surface area (Å²) in [4.78, 5) is 71.6. The summed E-state index contributed by atoms with van der Waals surface area (Å²) in [6, 6.07) is 5.82. The lowest BCUT2D eigenvalue weighted by Gasteiger charge is -2.12. The molecule has 0 saturated heterocycles. The average molecular weight is 1080 g/mol. The number of aliphatic hydroxyl groups is 6. The van der Waals surface area contributed by atoms with Gasteiger partial charge in [-0.1, -0.05) is 55.9 Å². The van der Waals surface area contributed by atoms with E-state index in [1.54, 1.807) is 27.8 Å². The van der Waals surface area contributed by atoms with Gasteiger partial charge in [-0.25, -0.2) is 18.2 Å². The fourth-order valence-corrected chi connectivity index (χ4v) is 7.78. The summed E-state index contributed by atoms with van der Waals surface area (Å²) in [5.74, 6) is 1.19. The number of hydrogen-bond acceptors (Lipinski definition) is 19. The number of pyridine rings is 1. The minimum Gasteiger partial charge on any atom is -0.463 e. The Balaban J connectivity index is -0.000000393. The standard InChI is InChI=1S/C13H19NO2S2.C12H17NO4.C8H14O2.C7H12O3.C6H12O3S.C4H10OS/c15-10-5-1-2-6-12(16)8-11-17-18-13-7-3-4-9-14-13;14-9-3-1-2-4-10(15)7-8-13-11(16)5-6-12(13)17;1-2-8(10)6-4-3-5-7-9;1-2-7(9)10-6-4-3-5-8;1-2-10(8,9)6-4-3-5-7;5-3-1-2-4-6/h3-4,7,9,15H,1-2,5-6,8,10-11H2;5-6,14H,1-4,7-9H2;2,9H,1,3-7H2;2,8H,1,3-6H2;2,7H,1,3-6H2;5-6H,1-4H2. The number of amides is 2. The first-order valence-electron chi connectivity index (χ1n) is 24.0. The van der Waals surface area contributed by atoms with E-state index in [9.17, 15) is 37.2 Å². The van der Waals surface area contributed by atoms with Gasteiger partial charge in [0.1, 0.15) is 16.6 Å². The molecular formula is C50H84N2O15S4. The van der Waals surface area contributed by atoms with E-state index < -0.39 is 15.8 Å². The van der Waals surface area contributed by atoms with Crippen LogP contribution in [0.4, 0.5) is 0 Å². The molecule has 0 fully saturated rings. The minimum atomic E-state index is -3.04. The van der Waals surface area contributed by atoms with Crippen molar-refractivity contribution in [3.05, 3.63) is 73.8 Å². The average Bonchev–Trinajstić information content (AvgIpc) is 3.70. The molecule has 0 spiro atoms. The molecule has 0 aromatic carbocycles. The summed E-state index contributed by atoms with van der Waals surface area (Å²) >= 11 is 3.94. The first kappa shape index (κ1) is 74.0. The molecule has 408 valence electrons. The molecule has 0 aliphatic carbocycles. The zero-order valence-electron chi connectivity index (χ0n) is 41.7. The number of aliphatic hydroxyl groups excluding tert-OH is 6. The van der Waals surface area contributed by atoms with Gasteiger partial charge in [-0.2, -0.15) is 12.6 Å². The highest BCUT2D eigenvalue weighted by Gasteiger charge is 2.23. The van der Waals surface area contributed by atoms with E-state index >= 15 is 0 Å².